The maximum absolute atomic E-state index is 13.2. The summed E-state index contributed by atoms with van der Waals surface area (Å²) in [7, 11) is 0. The zero-order valence-electron chi connectivity index (χ0n) is 19.1. The van der Waals surface area contributed by atoms with Crippen molar-refractivity contribution in [1.82, 2.24) is 9.88 Å². The first kappa shape index (κ1) is 26.6. The molecule has 0 amide bonds. The molecule has 5 rings (SSSR count). The van der Waals surface area contributed by atoms with Crippen LogP contribution in [0.15, 0.2) is 35.1 Å². The second-order valence-electron chi connectivity index (χ2n) is 9.36. The number of aromatic nitrogens is 1. The summed E-state index contributed by atoms with van der Waals surface area (Å²) in [5, 5.41) is 10.9. The first-order valence-corrected chi connectivity index (χ1v) is 12.4. The van der Waals surface area contributed by atoms with E-state index < -0.39 is 45.0 Å². The molecule has 2 saturated heterocycles. The van der Waals surface area contributed by atoms with Crippen LogP contribution >= 0.6 is 22.9 Å². The van der Waals surface area contributed by atoms with Gasteiger partial charge in [0.1, 0.15) is 4.70 Å². The number of nitro benzene ring substituents is 1. The van der Waals surface area contributed by atoms with Gasteiger partial charge < -0.3 is 4.90 Å². The number of hydrogen-bond acceptors (Lipinski definition) is 7. The Labute approximate surface area is 219 Å². The van der Waals surface area contributed by atoms with Crippen LogP contribution in [0, 0.1) is 22.0 Å². The molecule has 38 heavy (non-hydrogen) atoms. The van der Waals surface area contributed by atoms with Gasteiger partial charge in [-0.3, -0.25) is 19.8 Å². The van der Waals surface area contributed by atoms with Crippen molar-refractivity contribution in [2.45, 2.75) is 18.9 Å². The van der Waals surface area contributed by atoms with Crippen LogP contribution in [0.2, 0.25) is 5.02 Å². The minimum absolute atomic E-state index is 0.103. The highest BCUT2D eigenvalue weighted by molar-refractivity contribution is 7.22. The van der Waals surface area contributed by atoms with Gasteiger partial charge in [-0.1, -0.05) is 29.0 Å². The third kappa shape index (κ3) is 5.04. The molecular formula is C23H17ClF6N4O3S. The van der Waals surface area contributed by atoms with E-state index in [1.165, 1.54) is 6.07 Å². The Hall–Kier alpha value is -2.97. The lowest BCUT2D eigenvalue weighted by molar-refractivity contribution is -0.383. The molecule has 3 aromatic rings. The number of benzene rings is 2. The summed E-state index contributed by atoms with van der Waals surface area (Å²) in [6.45, 7) is 2.32. The van der Waals surface area contributed by atoms with Gasteiger partial charge in [-0.05, 0) is 35.6 Å². The standard InChI is InChI=1S/C23H17ClF6N4O3S/c24-17-2-1-11(3-16(17)23(28,29)30)6-32-7-12-9-33(10-13(12)8-32)21-31-20(35)15-4-14(22(25,26)27)5-18(34(36)37)19(15)38-21/h1-5,12-13H,6-10H2. The summed E-state index contributed by atoms with van der Waals surface area (Å²) in [4.78, 5) is 30.9. The minimum atomic E-state index is -4.87. The van der Waals surface area contributed by atoms with Crippen molar-refractivity contribution in [3.05, 3.63) is 72.5 Å². The monoisotopic (exact) mass is 578 g/mol. The Kier molecular flexibility index (Phi) is 6.55. The Morgan fingerprint density at radius 1 is 1.03 bits per heavy atom. The Balaban J connectivity index is 1.34. The quantitative estimate of drug-likeness (QED) is 0.220. The van der Waals surface area contributed by atoms with E-state index >= 15 is 0 Å². The number of rotatable bonds is 4. The maximum Gasteiger partial charge on any atom is 0.417 e. The molecule has 2 aromatic carbocycles. The number of non-ortho nitro benzene ring substituents is 1. The van der Waals surface area contributed by atoms with Crippen LogP contribution in [0.1, 0.15) is 16.7 Å². The average Bonchev–Trinajstić information content (AvgIpc) is 3.37. The fourth-order valence-corrected chi connectivity index (χ4v) is 6.41. The lowest BCUT2D eigenvalue weighted by Gasteiger charge is -2.22. The van der Waals surface area contributed by atoms with Crippen molar-refractivity contribution < 1.29 is 31.3 Å². The van der Waals surface area contributed by atoms with E-state index in [4.69, 9.17) is 11.6 Å². The van der Waals surface area contributed by atoms with Crippen molar-refractivity contribution in [1.29, 1.82) is 0 Å². The van der Waals surface area contributed by atoms with Gasteiger partial charge >= 0.3 is 12.4 Å². The van der Waals surface area contributed by atoms with E-state index in [0.29, 0.717) is 50.4 Å². The summed E-state index contributed by atoms with van der Waals surface area (Å²) in [6, 6.07) is 4.80. The van der Waals surface area contributed by atoms with E-state index in [9.17, 15) is 41.3 Å². The number of halogens is 7. The summed E-state index contributed by atoms with van der Waals surface area (Å²) < 4.78 is 79.0. The first-order valence-electron chi connectivity index (χ1n) is 11.2. The summed E-state index contributed by atoms with van der Waals surface area (Å²) in [5.41, 5.74) is -3.51. The van der Waals surface area contributed by atoms with Gasteiger partial charge in [0.05, 0.1) is 26.5 Å². The number of nitrogens with zero attached hydrogens (tertiary/aromatic N) is 4. The molecule has 1 aromatic heterocycles. The van der Waals surface area contributed by atoms with Gasteiger partial charge in [0, 0.05) is 38.8 Å². The van der Waals surface area contributed by atoms with Gasteiger partial charge in [0.15, 0.2) is 5.13 Å². The van der Waals surface area contributed by atoms with Crippen molar-refractivity contribution in [3.63, 3.8) is 0 Å². The molecule has 15 heteroatoms. The van der Waals surface area contributed by atoms with Crippen LogP contribution in [0.4, 0.5) is 37.2 Å². The highest BCUT2D eigenvalue weighted by atomic mass is 35.5. The number of likely N-dealkylation sites (tertiary alicyclic amines) is 1. The molecule has 2 aliphatic heterocycles. The summed E-state index contributed by atoms with van der Waals surface area (Å²) >= 11 is 6.49. The molecule has 0 radical (unpaired) electrons. The number of hydrogen-bond donors (Lipinski definition) is 0. The zero-order chi connectivity index (χ0) is 27.6. The van der Waals surface area contributed by atoms with Crippen LogP contribution in [-0.4, -0.2) is 41.0 Å². The second kappa shape index (κ2) is 9.35. The Morgan fingerprint density at radius 2 is 1.68 bits per heavy atom. The van der Waals surface area contributed by atoms with Crippen LogP contribution in [0.25, 0.3) is 10.1 Å². The van der Waals surface area contributed by atoms with E-state index in [2.05, 4.69) is 4.98 Å². The lowest BCUT2D eigenvalue weighted by atomic mass is 10.0. The third-order valence-corrected chi connectivity index (χ3v) is 8.28. The summed E-state index contributed by atoms with van der Waals surface area (Å²) in [6.07, 6.45) is -9.43. The SMILES string of the molecule is O=c1nc(N2CC3CN(Cc4ccc(Cl)c(C(F)(F)F)c4)CC3C2)sc2c([N+](=O)[O-])cc(C(F)(F)F)cc12. The molecule has 2 atom stereocenters. The fourth-order valence-electron chi connectivity index (χ4n) is 5.10. The minimum Gasteiger partial charge on any atom is -0.347 e. The van der Waals surface area contributed by atoms with Crippen LogP contribution in [0.5, 0.6) is 0 Å². The predicted octanol–water partition coefficient (Wildman–Crippen LogP) is 5.82. The molecule has 3 heterocycles. The van der Waals surface area contributed by atoms with Gasteiger partial charge in [-0.2, -0.15) is 31.3 Å². The fraction of sp³-hybridized carbons (Fsp3) is 0.391. The smallest absolute Gasteiger partial charge is 0.347 e. The van der Waals surface area contributed by atoms with Crippen LogP contribution in [0.3, 0.4) is 0 Å². The Morgan fingerprint density at radius 3 is 2.26 bits per heavy atom. The van der Waals surface area contributed by atoms with E-state index in [1.54, 1.807) is 11.0 Å². The van der Waals surface area contributed by atoms with Gasteiger partial charge in [-0.15, -0.1) is 0 Å². The lowest BCUT2D eigenvalue weighted by Crippen LogP contribution is -2.29. The van der Waals surface area contributed by atoms with Crippen LogP contribution in [-0.2, 0) is 18.9 Å². The molecule has 202 valence electrons. The highest BCUT2D eigenvalue weighted by Gasteiger charge is 2.41. The topological polar surface area (TPSA) is 79.6 Å². The van der Waals surface area contributed by atoms with Crippen LogP contribution < -0.4 is 10.5 Å². The molecule has 0 aliphatic carbocycles. The highest BCUT2D eigenvalue weighted by Crippen LogP contribution is 2.41. The van der Waals surface area contributed by atoms with E-state index in [0.717, 1.165) is 17.4 Å². The first-order chi connectivity index (χ1) is 17.7. The number of nitro groups is 1. The molecule has 7 nitrogen and oxygen atoms in total. The van der Waals surface area contributed by atoms with Gasteiger partial charge in [-0.25, -0.2) is 0 Å². The maximum atomic E-state index is 13.2. The largest absolute Gasteiger partial charge is 0.417 e. The number of alkyl halides is 6. The molecule has 0 bridgehead atoms. The van der Waals surface area contributed by atoms with E-state index in [1.807, 2.05) is 4.90 Å². The van der Waals surface area contributed by atoms with Crippen molar-refractivity contribution in [2.75, 3.05) is 31.1 Å². The number of anilines is 1. The van der Waals surface area contributed by atoms with Crippen molar-refractivity contribution in [3.8, 4) is 0 Å². The predicted molar refractivity (Wildman–Crippen MR) is 128 cm³/mol. The van der Waals surface area contributed by atoms with Crippen molar-refractivity contribution in [2.24, 2.45) is 11.8 Å². The molecule has 0 N–H and O–H groups in total. The molecule has 2 fully saturated rings. The zero-order valence-corrected chi connectivity index (χ0v) is 20.7. The molecule has 2 unspecified atom stereocenters. The summed E-state index contributed by atoms with van der Waals surface area (Å²) in [5.74, 6) is 0.207. The molecule has 2 aliphatic rings. The number of fused-ring (bicyclic) bond motifs is 2. The van der Waals surface area contributed by atoms with Gasteiger partial charge in [0.25, 0.3) is 11.2 Å². The van der Waals surface area contributed by atoms with E-state index in [-0.39, 0.29) is 26.7 Å². The molecular weight excluding hydrogens is 562 g/mol. The van der Waals surface area contributed by atoms with Crippen molar-refractivity contribution >= 4 is 43.8 Å². The molecule has 0 spiro atoms. The Bertz CT molecular complexity index is 1480. The van der Waals surface area contributed by atoms with Gasteiger partial charge in [0.2, 0.25) is 0 Å². The average molecular weight is 579 g/mol. The second-order valence-corrected chi connectivity index (χ2v) is 10.7. The third-order valence-electron chi connectivity index (χ3n) is 6.79. The molecule has 0 saturated carbocycles. The normalized spacial score (nSPS) is 20.3.